The molecule has 1 aliphatic carbocycles. The smallest absolute Gasteiger partial charge is 0.236 e. The molecule has 1 atom stereocenters. The van der Waals surface area contributed by atoms with Crippen LogP contribution in [-0.4, -0.2) is 34.9 Å². The Morgan fingerprint density at radius 2 is 2.19 bits per heavy atom. The van der Waals surface area contributed by atoms with Gasteiger partial charge in [0.05, 0.1) is 0 Å². The summed E-state index contributed by atoms with van der Waals surface area (Å²) in [5, 5.41) is 11.7. The average molecular weight is 227 g/mol. The maximum Gasteiger partial charge on any atom is 0.236 e. The van der Waals surface area contributed by atoms with E-state index in [-0.39, 0.29) is 11.7 Å². The fourth-order valence-electron chi connectivity index (χ4n) is 1.88. The normalized spacial score (nSPS) is 21.1. The van der Waals surface area contributed by atoms with Crippen LogP contribution in [0.15, 0.2) is 5.16 Å². The second-order valence-corrected chi connectivity index (χ2v) is 4.67. The molecule has 1 unspecified atom stereocenters. The fraction of sp³-hybridized carbons (Fsp3) is 0.818. The van der Waals surface area contributed by atoms with Gasteiger partial charge in [-0.1, -0.05) is 12.1 Å². The number of amides is 1. The van der Waals surface area contributed by atoms with Gasteiger partial charge < -0.3 is 15.8 Å². The Bertz CT molecular complexity index is 300. The Hall–Kier alpha value is -1.26. The summed E-state index contributed by atoms with van der Waals surface area (Å²) >= 11 is 0. The van der Waals surface area contributed by atoms with Crippen molar-refractivity contribution in [2.75, 3.05) is 7.05 Å². The minimum atomic E-state index is -0.890. The molecule has 1 rings (SSSR count). The van der Waals surface area contributed by atoms with Crippen LogP contribution in [0.1, 0.15) is 39.5 Å². The Morgan fingerprint density at radius 1 is 1.62 bits per heavy atom. The van der Waals surface area contributed by atoms with E-state index in [2.05, 4.69) is 5.16 Å². The number of carbonyl (C=O) groups excluding carboxylic acids is 1. The molecule has 0 radical (unpaired) electrons. The third kappa shape index (κ3) is 1.99. The standard InChI is InChI=1S/C11H21N3O2/c1-4-11(2,9(12)13-16)10(15)14(3)8-6-5-7-8/h8,16H,4-7H2,1-3H3,(H2,12,13). The highest BCUT2D eigenvalue weighted by atomic mass is 16.4. The molecule has 16 heavy (non-hydrogen) atoms. The van der Waals surface area contributed by atoms with Gasteiger partial charge in [-0.25, -0.2) is 0 Å². The van der Waals surface area contributed by atoms with Crippen molar-refractivity contribution in [1.29, 1.82) is 0 Å². The number of carbonyl (C=O) groups is 1. The number of amidine groups is 1. The topological polar surface area (TPSA) is 78.9 Å². The largest absolute Gasteiger partial charge is 0.409 e. The molecule has 0 aromatic carbocycles. The van der Waals surface area contributed by atoms with Gasteiger partial charge in [-0.05, 0) is 32.6 Å². The number of hydrogen-bond donors (Lipinski definition) is 2. The van der Waals surface area contributed by atoms with Gasteiger partial charge in [0.1, 0.15) is 5.41 Å². The van der Waals surface area contributed by atoms with Crippen molar-refractivity contribution in [2.24, 2.45) is 16.3 Å². The lowest BCUT2D eigenvalue weighted by atomic mass is 9.82. The minimum absolute atomic E-state index is 0.00817. The summed E-state index contributed by atoms with van der Waals surface area (Å²) in [5.74, 6) is -0.0684. The van der Waals surface area contributed by atoms with E-state index in [0.717, 1.165) is 12.8 Å². The van der Waals surface area contributed by atoms with Crippen LogP contribution in [0.4, 0.5) is 0 Å². The molecule has 1 saturated carbocycles. The van der Waals surface area contributed by atoms with Gasteiger partial charge in [0, 0.05) is 13.1 Å². The fourth-order valence-corrected chi connectivity index (χ4v) is 1.88. The first kappa shape index (κ1) is 12.8. The van der Waals surface area contributed by atoms with Gasteiger partial charge in [0.15, 0.2) is 5.84 Å². The molecule has 92 valence electrons. The van der Waals surface area contributed by atoms with Crippen LogP contribution in [0.2, 0.25) is 0 Å². The summed E-state index contributed by atoms with van der Waals surface area (Å²) in [5.41, 5.74) is 4.72. The number of hydrogen-bond acceptors (Lipinski definition) is 3. The van der Waals surface area contributed by atoms with E-state index in [1.807, 2.05) is 6.92 Å². The van der Waals surface area contributed by atoms with Crippen LogP contribution in [0, 0.1) is 5.41 Å². The molecule has 5 nitrogen and oxygen atoms in total. The highest BCUT2D eigenvalue weighted by molar-refractivity contribution is 6.06. The molecule has 1 amide bonds. The Labute approximate surface area is 96.3 Å². The van der Waals surface area contributed by atoms with Crippen molar-refractivity contribution in [3.63, 3.8) is 0 Å². The van der Waals surface area contributed by atoms with E-state index in [1.165, 1.54) is 6.42 Å². The molecule has 5 heteroatoms. The van der Waals surface area contributed by atoms with Crippen LogP contribution in [0.25, 0.3) is 0 Å². The van der Waals surface area contributed by atoms with Crippen molar-refractivity contribution >= 4 is 11.7 Å². The van der Waals surface area contributed by atoms with Crippen LogP contribution in [-0.2, 0) is 4.79 Å². The van der Waals surface area contributed by atoms with Crippen molar-refractivity contribution in [3.05, 3.63) is 0 Å². The monoisotopic (exact) mass is 227 g/mol. The van der Waals surface area contributed by atoms with Crippen LogP contribution in [0.3, 0.4) is 0 Å². The molecule has 0 bridgehead atoms. The minimum Gasteiger partial charge on any atom is -0.409 e. The summed E-state index contributed by atoms with van der Waals surface area (Å²) in [6.45, 7) is 3.59. The average Bonchev–Trinajstić information content (AvgIpc) is 2.23. The molecule has 0 aromatic heterocycles. The van der Waals surface area contributed by atoms with Gasteiger partial charge in [-0.3, -0.25) is 4.79 Å². The van der Waals surface area contributed by atoms with Gasteiger partial charge in [0.25, 0.3) is 0 Å². The van der Waals surface area contributed by atoms with E-state index in [9.17, 15) is 4.79 Å². The quantitative estimate of drug-likeness (QED) is 0.327. The van der Waals surface area contributed by atoms with Crippen molar-refractivity contribution in [1.82, 2.24) is 4.90 Å². The Morgan fingerprint density at radius 3 is 2.50 bits per heavy atom. The zero-order valence-corrected chi connectivity index (χ0v) is 10.2. The number of rotatable bonds is 4. The molecule has 3 N–H and O–H groups in total. The van der Waals surface area contributed by atoms with Crippen LogP contribution >= 0.6 is 0 Å². The lowest BCUT2D eigenvalue weighted by Crippen LogP contribution is -2.52. The Kier molecular flexibility index (Phi) is 3.78. The molecule has 1 aliphatic rings. The third-order valence-corrected chi connectivity index (χ3v) is 3.79. The van der Waals surface area contributed by atoms with Crippen molar-refractivity contribution in [3.8, 4) is 0 Å². The molecule has 0 aromatic rings. The lowest BCUT2D eigenvalue weighted by Gasteiger charge is -2.39. The van der Waals surface area contributed by atoms with E-state index in [4.69, 9.17) is 10.9 Å². The van der Waals surface area contributed by atoms with Gasteiger partial charge in [0.2, 0.25) is 5.91 Å². The summed E-state index contributed by atoms with van der Waals surface area (Å²) < 4.78 is 0. The molecule has 0 aliphatic heterocycles. The van der Waals surface area contributed by atoms with Crippen molar-refractivity contribution in [2.45, 2.75) is 45.6 Å². The summed E-state index contributed by atoms with van der Waals surface area (Å²) in [4.78, 5) is 14.0. The molecular weight excluding hydrogens is 206 g/mol. The number of nitrogens with two attached hydrogens (primary N) is 1. The predicted molar refractivity (Wildman–Crippen MR) is 62.2 cm³/mol. The summed E-state index contributed by atoms with van der Waals surface area (Å²) in [6.07, 6.45) is 3.81. The first-order valence-corrected chi connectivity index (χ1v) is 5.72. The molecule has 0 saturated heterocycles. The van der Waals surface area contributed by atoms with Crippen LogP contribution < -0.4 is 5.73 Å². The zero-order valence-electron chi connectivity index (χ0n) is 10.2. The van der Waals surface area contributed by atoms with Crippen molar-refractivity contribution < 1.29 is 10.0 Å². The first-order valence-electron chi connectivity index (χ1n) is 5.72. The number of oxime groups is 1. The predicted octanol–water partition coefficient (Wildman–Crippen LogP) is 1.16. The van der Waals surface area contributed by atoms with Gasteiger partial charge >= 0.3 is 0 Å². The summed E-state index contributed by atoms with van der Waals surface area (Å²) in [7, 11) is 1.80. The molecule has 1 fully saturated rings. The second-order valence-electron chi connectivity index (χ2n) is 4.67. The molecular formula is C11H21N3O2. The van der Waals surface area contributed by atoms with Gasteiger partial charge in [-0.15, -0.1) is 0 Å². The van der Waals surface area contributed by atoms with E-state index < -0.39 is 5.41 Å². The van der Waals surface area contributed by atoms with Gasteiger partial charge in [-0.2, -0.15) is 0 Å². The van der Waals surface area contributed by atoms with E-state index in [0.29, 0.717) is 12.5 Å². The number of nitrogens with zero attached hydrogens (tertiary/aromatic N) is 2. The summed E-state index contributed by atoms with van der Waals surface area (Å²) in [6, 6.07) is 0.324. The molecule has 0 spiro atoms. The van der Waals surface area contributed by atoms with Crippen LogP contribution in [0.5, 0.6) is 0 Å². The first-order chi connectivity index (χ1) is 7.47. The SMILES string of the molecule is CCC(C)(C(=O)N(C)C1CCC1)C(N)=NO. The zero-order chi connectivity index (χ0) is 12.3. The highest BCUT2D eigenvalue weighted by Gasteiger charge is 2.41. The Balaban J connectivity index is 2.83. The maximum absolute atomic E-state index is 12.3. The molecule has 0 heterocycles. The maximum atomic E-state index is 12.3. The highest BCUT2D eigenvalue weighted by Crippen LogP contribution is 2.30. The van der Waals surface area contributed by atoms with E-state index in [1.54, 1.807) is 18.9 Å². The lowest BCUT2D eigenvalue weighted by molar-refractivity contribution is -0.140. The van der Waals surface area contributed by atoms with E-state index >= 15 is 0 Å². The second kappa shape index (κ2) is 4.72. The third-order valence-electron chi connectivity index (χ3n) is 3.79.